The van der Waals surface area contributed by atoms with Crippen LogP contribution >= 0.6 is 0 Å². The van der Waals surface area contributed by atoms with Crippen LogP contribution < -0.4 is 5.63 Å². The molecule has 1 aromatic heterocycles. The van der Waals surface area contributed by atoms with Crippen LogP contribution in [0.2, 0.25) is 0 Å². The summed E-state index contributed by atoms with van der Waals surface area (Å²) in [5.41, 5.74) is -1.46. The first-order chi connectivity index (χ1) is 20.3. The molecule has 10 atom stereocenters. The van der Waals surface area contributed by atoms with Gasteiger partial charge in [-0.15, -0.1) is 0 Å². The number of amides is 2. The molecule has 10 heteroatoms. The summed E-state index contributed by atoms with van der Waals surface area (Å²) in [6, 6.07) is 3.34. The molecule has 0 radical (unpaired) electrons. The lowest BCUT2D eigenvalue weighted by Gasteiger charge is -2.64. The molecule has 2 amide bonds. The molecule has 6 aliphatic rings. The van der Waals surface area contributed by atoms with Crippen LogP contribution in [0.1, 0.15) is 77.2 Å². The van der Waals surface area contributed by atoms with E-state index in [1.807, 2.05) is 22.9 Å². The molecule has 1 aromatic rings. The first-order valence-corrected chi connectivity index (χ1v) is 16.2. The minimum Gasteiger partial charge on any atom is -0.459 e. The van der Waals surface area contributed by atoms with E-state index in [0.29, 0.717) is 12.8 Å². The quantitative estimate of drug-likeness (QED) is 0.417. The fourth-order valence-corrected chi connectivity index (χ4v) is 10.8. The maximum Gasteiger partial charge on any atom is 0.335 e. The van der Waals surface area contributed by atoms with Gasteiger partial charge in [0.25, 0.3) is 0 Å². The summed E-state index contributed by atoms with van der Waals surface area (Å²) in [7, 11) is 4.00. The van der Waals surface area contributed by atoms with Crippen molar-refractivity contribution in [3.05, 3.63) is 34.4 Å². The van der Waals surface area contributed by atoms with Crippen molar-refractivity contribution in [2.24, 2.45) is 22.7 Å². The molecule has 2 aliphatic heterocycles. The third-order valence-corrected chi connectivity index (χ3v) is 13.2. The van der Waals surface area contributed by atoms with Gasteiger partial charge >= 0.3 is 17.6 Å². The van der Waals surface area contributed by atoms with E-state index in [2.05, 4.69) is 25.8 Å². The molecule has 0 unspecified atom stereocenters. The van der Waals surface area contributed by atoms with Gasteiger partial charge < -0.3 is 33.7 Å². The van der Waals surface area contributed by atoms with Crippen LogP contribution in [0.15, 0.2) is 27.6 Å². The van der Waals surface area contributed by atoms with Gasteiger partial charge in [-0.05, 0) is 80.9 Å². The Kier molecular flexibility index (Phi) is 6.66. The maximum absolute atomic E-state index is 13.4. The summed E-state index contributed by atoms with van der Waals surface area (Å²) in [5, 5.41) is 12.5. The zero-order valence-electron chi connectivity index (χ0n) is 26.2. The number of epoxide rings is 1. The third-order valence-electron chi connectivity index (χ3n) is 13.2. The van der Waals surface area contributed by atoms with Gasteiger partial charge in [-0.25, -0.2) is 9.59 Å². The lowest BCUT2D eigenvalue weighted by Crippen LogP contribution is -2.66. The molecule has 3 heterocycles. The Balaban J connectivity index is 1.14. The van der Waals surface area contributed by atoms with E-state index in [-0.39, 0.29) is 52.7 Å². The lowest BCUT2D eigenvalue weighted by atomic mass is 9.42. The molecule has 1 N–H and O–H groups in total. The molecule has 0 bridgehead atoms. The van der Waals surface area contributed by atoms with Crippen molar-refractivity contribution in [1.82, 2.24) is 14.7 Å². The van der Waals surface area contributed by atoms with E-state index >= 15 is 0 Å². The molecule has 236 valence electrons. The second kappa shape index (κ2) is 9.78. The predicted octanol–water partition coefficient (Wildman–Crippen LogP) is 3.22. The normalized spacial score (nSPS) is 45.3. The molecule has 4 saturated carbocycles. The summed E-state index contributed by atoms with van der Waals surface area (Å²) in [6.45, 7) is 9.24. The molecule has 4 aliphatic carbocycles. The fraction of sp³-hybridized carbons (Fsp3) is 0.788. The zero-order chi connectivity index (χ0) is 30.5. The highest BCUT2D eigenvalue weighted by Crippen LogP contribution is 2.78. The Hall–Kier alpha value is -2.43. The number of esters is 1. The van der Waals surface area contributed by atoms with Crippen molar-refractivity contribution >= 4 is 12.0 Å². The highest BCUT2D eigenvalue weighted by Gasteiger charge is 2.85. The predicted molar refractivity (Wildman–Crippen MR) is 157 cm³/mol. The van der Waals surface area contributed by atoms with Crippen LogP contribution in [-0.2, 0) is 14.3 Å². The number of urea groups is 1. The van der Waals surface area contributed by atoms with Gasteiger partial charge in [-0.2, -0.15) is 0 Å². The van der Waals surface area contributed by atoms with E-state index in [1.165, 1.54) is 19.3 Å². The fourth-order valence-electron chi connectivity index (χ4n) is 10.8. The summed E-state index contributed by atoms with van der Waals surface area (Å²) < 4.78 is 18.0. The average molecular weight is 598 g/mol. The van der Waals surface area contributed by atoms with Gasteiger partial charge in [-0.1, -0.05) is 13.8 Å². The lowest BCUT2D eigenvalue weighted by molar-refractivity contribution is -0.218. The minimum absolute atomic E-state index is 0.00988. The van der Waals surface area contributed by atoms with Crippen LogP contribution in [-0.4, -0.2) is 102 Å². The monoisotopic (exact) mass is 597 g/mol. The summed E-state index contributed by atoms with van der Waals surface area (Å²) in [5.74, 6) is 0.00492. The molecule has 10 nitrogen and oxygen atoms in total. The molecule has 6 fully saturated rings. The Morgan fingerprint density at radius 1 is 1.02 bits per heavy atom. The number of rotatable bonds is 3. The Labute approximate surface area is 253 Å². The van der Waals surface area contributed by atoms with E-state index in [9.17, 15) is 19.5 Å². The Bertz CT molecular complexity index is 1340. The van der Waals surface area contributed by atoms with Crippen molar-refractivity contribution in [2.45, 2.75) is 101 Å². The Morgan fingerprint density at radius 3 is 2.40 bits per heavy atom. The van der Waals surface area contributed by atoms with Crippen LogP contribution in [0.5, 0.6) is 0 Å². The molecule has 2 saturated heterocycles. The van der Waals surface area contributed by atoms with Gasteiger partial charge in [0, 0.05) is 63.6 Å². The number of hydrogen-bond acceptors (Lipinski definition) is 8. The van der Waals surface area contributed by atoms with Crippen molar-refractivity contribution in [3.8, 4) is 0 Å². The number of aliphatic hydroxyl groups is 1. The SMILES string of the molecule is CC(=O)O[C@H]1[C@H]2O[C@]23[C@@H]2CC[C@]4(O)C[C@@H](N(C)C(=O)N5CCN(C)CC5)CC[C@]4(C)[C@H]2CC[C@]3(C)[C@H]1c1ccc(=O)oc1. The largest absolute Gasteiger partial charge is 0.459 e. The highest BCUT2D eigenvalue weighted by molar-refractivity contribution is 5.74. The van der Waals surface area contributed by atoms with Crippen LogP contribution in [0, 0.1) is 22.7 Å². The highest BCUT2D eigenvalue weighted by atomic mass is 16.7. The number of piperazine rings is 1. The van der Waals surface area contributed by atoms with Gasteiger partial charge in [0.2, 0.25) is 0 Å². The number of nitrogens with zero attached hydrogens (tertiary/aromatic N) is 3. The summed E-state index contributed by atoms with van der Waals surface area (Å²) in [4.78, 5) is 43.6. The number of ether oxygens (including phenoxy) is 2. The topological polar surface area (TPSA) is 116 Å². The van der Waals surface area contributed by atoms with E-state index in [4.69, 9.17) is 13.9 Å². The van der Waals surface area contributed by atoms with Crippen molar-refractivity contribution in [1.29, 1.82) is 0 Å². The molecular weight excluding hydrogens is 550 g/mol. The molecule has 1 spiro atoms. The third kappa shape index (κ3) is 4.04. The van der Waals surface area contributed by atoms with Crippen LogP contribution in [0.4, 0.5) is 4.79 Å². The summed E-state index contributed by atoms with van der Waals surface area (Å²) in [6.07, 6.45) is 6.48. The van der Waals surface area contributed by atoms with Crippen molar-refractivity contribution in [3.63, 3.8) is 0 Å². The molecular formula is C33H47N3O7. The maximum atomic E-state index is 13.4. The van der Waals surface area contributed by atoms with Crippen LogP contribution in [0.25, 0.3) is 0 Å². The van der Waals surface area contributed by atoms with E-state index in [1.54, 1.807) is 0 Å². The van der Waals surface area contributed by atoms with Gasteiger partial charge in [0.1, 0.15) is 17.8 Å². The second-order valence-corrected chi connectivity index (χ2v) is 15.0. The van der Waals surface area contributed by atoms with E-state index < -0.39 is 22.9 Å². The van der Waals surface area contributed by atoms with E-state index in [0.717, 1.165) is 63.8 Å². The first kappa shape index (κ1) is 29.3. The first-order valence-electron chi connectivity index (χ1n) is 16.2. The summed E-state index contributed by atoms with van der Waals surface area (Å²) >= 11 is 0. The second-order valence-electron chi connectivity index (χ2n) is 15.0. The van der Waals surface area contributed by atoms with Crippen molar-refractivity contribution < 1.29 is 28.6 Å². The van der Waals surface area contributed by atoms with Gasteiger partial charge in [0.05, 0.1) is 11.9 Å². The van der Waals surface area contributed by atoms with Gasteiger partial charge in [-0.3, -0.25) is 4.79 Å². The average Bonchev–Trinajstić information content (AvgIpc) is 3.67. The number of carbonyl (C=O) groups excluding carboxylic acids is 2. The number of hydrogen-bond donors (Lipinski definition) is 1. The standard InChI is InChI=1S/C33H47N3O7/c1-20(37)42-27-26(21-6-7-25(38)41-19-21)31(3)12-9-23-24(33(31)28(27)43-33)10-13-32(40)18-22(8-11-30(23,32)2)35(5)29(39)36-16-14-34(4)15-17-36/h6-7,19,22-24,26-28,40H,8-18H2,1-5H3/t22-,23-,24+,26-,27+,28+,30+,31+,32-,33+/m0/s1. The molecule has 7 rings (SSSR count). The number of fused-ring (bicyclic) bond motifs is 3. The number of likely N-dealkylation sites (N-methyl/N-ethyl adjacent to an activating group) is 1. The molecule has 0 aromatic carbocycles. The minimum atomic E-state index is -0.862. The Morgan fingerprint density at radius 2 is 1.72 bits per heavy atom. The van der Waals surface area contributed by atoms with Gasteiger partial charge in [0.15, 0.2) is 0 Å². The van der Waals surface area contributed by atoms with Crippen molar-refractivity contribution in [2.75, 3.05) is 40.3 Å². The smallest absolute Gasteiger partial charge is 0.335 e. The van der Waals surface area contributed by atoms with Crippen LogP contribution in [0.3, 0.4) is 0 Å². The number of carbonyl (C=O) groups is 2. The zero-order valence-corrected chi connectivity index (χ0v) is 26.2. The molecule has 43 heavy (non-hydrogen) atoms.